The van der Waals surface area contributed by atoms with Crippen molar-refractivity contribution in [2.24, 2.45) is 21.9 Å². The molecular weight excluding hydrogens is 258 g/mol. The molecule has 0 amide bonds. The van der Waals surface area contributed by atoms with E-state index < -0.39 is 10.0 Å². The quantitative estimate of drug-likeness (QED) is 0.864. The highest BCUT2D eigenvalue weighted by molar-refractivity contribution is 7.89. The van der Waals surface area contributed by atoms with Gasteiger partial charge in [0, 0.05) is 0 Å². The molecule has 1 atom stereocenters. The van der Waals surface area contributed by atoms with Crippen LogP contribution in [0.4, 0.5) is 0 Å². The minimum absolute atomic E-state index is 0.160. The van der Waals surface area contributed by atoms with Gasteiger partial charge in [-0.25, -0.2) is 13.6 Å². The van der Waals surface area contributed by atoms with Gasteiger partial charge in [-0.2, -0.15) is 0 Å². The molecule has 0 heterocycles. The molecule has 19 heavy (non-hydrogen) atoms. The second-order valence-electron chi connectivity index (χ2n) is 7.27. The molecule has 0 radical (unpaired) electrons. The topological polar surface area (TPSA) is 60.2 Å². The lowest BCUT2D eigenvalue weighted by Crippen LogP contribution is -2.38. The molecule has 4 heteroatoms. The fourth-order valence-corrected chi connectivity index (χ4v) is 5.37. The molecule has 0 aromatic rings. The SMILES string of the molecule is CC1C2(C)CCCCC1(CCS(N)(=O)=O)CCCC2. The van der Waals surface area contributed by atoms with Gasteiger partial charge in [0.2, 0.25) is 10.0 Å². The number of hydrogen-bond acceptors (Lipinski definition) is 2. The predicted octanol–water partition coefficient (Wildman–Crippen LogP) is 3.44. The van der Waals surface area contributed by atoms with Gasteiger partial charge in [0.25, 0.3) is 0 Å². The summed E-state index contributed by atoms with van der Waals surface area (Å²) < 4.78 is 22.7. The van der Waals surface area contributed by atoms with E-state index in [1.54, 1.807) is 0 Å². The zero-order valence-corrected chi connectivity index (χ0v) is 13.3. The van der Waals surface area contributed by atoms with Crippen molar-refractivity contribution in [2.45, 2.75) is 71.6 Å². The molecule has 2 saturated carbocycles. The van der Waals surface area contributed by atoms with Gasteiger partial charge in [0.1, 0.15) is 0 Å². The van der Waals surface area contributed by atoms with Gasteiger partial charge in [0.05, 0.1) is 5.75 Å². The summed E-state index contributed by atoms with van der Waals surface area (Å²) in [6, 6.07) is 0. The van der Waals surface area contributed by atoms with E-state index in [2.05, 4.69) is 13.8 Å². The fraction of sp³-hybridized carbons (Fsp3) is 1.00. The van der Waals surface area contributed by atoms with Crippen molar-refractivity contribution >= 4 is 10.0 Å². The second kappa shape index (κ2) is 5.36. The summed E-state index contributed by atoms with van der Waals surface area (Å²) in [6.45, 7) is 4.81. The third-order valence-corrected chi connectivity index (χ3v) is 6.97. The van der Waals surface area contributed by atoms with E-state index in [-0.39, 0.29) is 11.2 Å². The summed E-state index contributed by atoms with van der Waals surface area (Å²) in [6.07, 6.45) is 10.9. The molecule has 0 aliphatic heterocycles. The van der Waals surface area contributed by atoms with Crippen molar-refractivity contribution in [2.75, 3.05) is 5.75 Å². The van der Waals surface area contributed by atoms with Crippen LogP contribution in [0.25, 0.3) is 0 Å². The highest BCUT2D eigenvalue weighted by Gasteiger charge is 2.48. The van der Waals surface area contributed by atoms with Gasteiger partial charge in [0.15, 0.2) is 0 Å². The number of rotatable bonds is 3. The molecule has 2 fully saturated rings. The van der Waals surface area contributed by atoms with Gasteiger partial charge >= 0.3 is 0 Å². The third-order valence-electron chi connectivity index (χ3n) is 6.19. The number of hydrogen-bond donors (Lipinski definition) is 1. The third kappa shape index (κ3) is 3.33. The van der Waals surface area contributed by atoms with Crippen LogP contribution in [0.15, 0.2) is 0 Å². The number of sulfonamides is 1. The molecule has 0 spiro atoms. The lowest BCUT2D eigenvalue weighted by atomic mass is 9.60. The number of primary sulfonamides is 1. The van der Waals surface area contributed by atoms with Crippen LogP contribution in [-0.4, -0.2) is 14.2 Å². The monoisotopic (exact) mass is 287 g/mol. The van der Waals surface area contributed by atoms with Crippen LogP contribution in [0.2, 0.25) is 0 Å². The molecule has 3 nitrogen and oxygen atoms in total. The minimum atomic E-state index is -3.33. The van der Waals surface area contributed by atoms with E-state index in [1.165, 1.54) is 51.4 Å². The van der Waals surface area contributed by atoms with Crippen LogP contribution in [0, 0.1) is 16.7 Å². The van der Waals surface area contributed by atoms with Crippen LogP contribution in [0.5, 0.6) is 0 Å². The first-order valence-electron chi connectivity index (χ1n) is 7.78. The standard InChI is InChI=1S/C15H29NO2S/c1-13-14(2)7-3-5-9-15(13,10-6-4-8-14)11-12-19(16,17)18/h13H,3-12H2,1-2H3,(H2,16,17,18). The average molecular weight is 287 g/mol. The van der Waals surface area contributed by atoms with E-state index in [0.717, 1.165) is 6.42 Å². The van der Waals surface area contributed by atoms with Gasteiger partial charge in [-0.3, -0.25) is 0 Å². The van der Waals surface area contributed by atoms with Crippen molar-refractivity contribution in [3.63, 3.8) is 0 Å². The van der Waals surface area contributed by atoms with E-state index in [0.29, 0.717) is 11.3 Å². The van der Waals surface area contributed by atoms with Crippen molar-refractivity contribution in [3.05, 3.63) is 0 Å². The zero-order chi connectivity index (χ0) is 14.1. The van der Waals surface area contributed by atoms with E-state index in [4.69, 9.17) is 5.14 Å². The van der Waals surface area contributed by atoms with Crippen molar-refractivity contribution in [1.29, 1.82) is 0 Å². The normalized spacial score (nSPS) is 40.5. The number of nitrogens with two attached hydrogens (primary N) is 1. The molecule has 1 unspecified atom stereocenters. The summed E-state index contributed by atoms with van der Waals surface area (Å²) in [5.41, 5.74) is 0.625. The van der Waals surface area contributed by atoms with Crippen LogP contribution >= 0.6 is 0 Å². The summed E-state index contributed by atoms with van der Waals surface area (Å²) in [7, 11) is -3.33. The largest absolute Gasteiger partial charge is 0.229 e. The van der Waals surface area contributed by atoms with Crippen LogP contribution < -0.4 is 5.14 Å². The van der Waals surface area contributed by atoms with Gasteiger partial charge in [-0.15, -0.1) is 0 Å². The Labute approximate surface area is 118 Å². The molecule has 2 N–H and O–H groups in total. The molecule has 2 aliphatic rings. The Morgan fingerprint density at radius 1 is 1.05 bits per heavy atom. The summed E-state index contributed by atoms with van der Waals surface area (Å²) in [5.74, 6) is 0.777. The maximum Gasteiger partial charge on any atom is 0.209 e. The van der Waals surface area contributed by atoms with Gasteiger partial charge < -0.3 is 0 Å². The van der Waals surface area contributed by atoms with Crippen molar-refractivity contribution in [3.8, 4) is 0 Å². The average Bonchev–Trinajstić information content (AvgIpc) is 2.52. The summed E-state index contributed by atoms with van der Waals surface area (Å²) in [4.78, 5) is 0. The van der Waals surface area contributed by atoms with Crippen molar-refractivity contribution < 1.29 is 8.42 Å². The summed E-state index contributed by atoms with van der Waals surface area (Å²) >= 11 is 0. The smallest absolute Gasteiger partial charge is 0.209 e. The van der Waals surface area contributed by atoms with Crippen molar-refractivity contribution in [1.82, 2.24) is 0 Å². The highest BCUT2D eigenvalue weighted by Crippen LogP contribution is 2.57. The minimum Gasteiger partial charge on any atom is -0.229 e. The first kappa shape index (κ1) is 15.3. The van der Waals surface area contributed by atoms with E-state index in [9.17, 15) is 8.42 Å². The maximum absolute atomic E-state index is 11.4. The molecule has 2 rings (SSSR count). The van der Waals surface area contributed by atoms with Gasteiger partial charge in [-0.1, -0.05) is 39.5 Å². The molecule has 0 saturated heterocycles. The first-order chi connectivity index (χ1) is 8.78. The molecule has 2 bridgehead atoms. The molecule has 0 aromatic heterocycles. The first-order valence-corrected chi connectivity index (χ1v) is 9.50. The van der Waals surface area contributed by atoms with Crippen LogP contribution in [-0.2, 0) is 10.0 Å². The molecule has 112 valence electrons. The molecule has 0 aromatic carbocycles. The lowest BCUT2D eigenvalue weighted by molar-refractivity contribution is 0.0502. The Kier molecular flexibility index (Phi) is 4.32. The Bertz CT molecular complexity index is 404. The maximum atomic E-state index is 11.4. The second-order valence-corrected chi connectivity index (χ2v) is 9.00. The number of fused-ring (bicyclic) bond motifs is 2. The Morgan fingerprint density at radius 2 is 1.53 bits per heavy atom. The fourth-order valence-electron chi connectivity index (χ4n) is 4.68. The molecular formula is C15H29NO2S. The van der Waals surface area contributed by atoms with Crippen LogP contribution in [0.3, 0.4) is 0 Å². The Balaban J connectivity index is 2.26. The van der Waals surface area contributed by atoms with Gasteiger partial charge in [-0.05, 0) is 48.9 Å². The highest BCUT2D eigenvalue weighted by atomic mass is 32.2. The van der Waals surface area contributed by atoms with E-state index in [1.807, 2.05) is 0 Å². The lowest BCUT2D eigenvalue weighted by Gasteiger charge is -2.45. The Hall–Kier alpha value is -0.0900. The summed E-state index contributed by atoms with van der Waals surface area (Å²) in [5, 5.41) is 5.25. The van der Waals surface area contributed by atoms with Crippen LogP contribution in [0.1, 0.15) is 71.6 Å². The van der Waals surface area contributed by atoms with E-state index >= 15 is 0 Å². The predicted molar refractivity (Wildman–Crippen MR) is 79.2 cm³/mol. The Morgan fingerprint density at radius 3 is 2.00 bits per heavy atom. The zero-order valence-electron chi connectivity index (χ0n) is 12.5. The molecule has 2 aliphatic carbocycles.